The molecule has 0 radical (unpaired) electrons. The van der Waals surface area contributed by atoms with E-state index in [1.54, 1.807) is 0 Å². The van der Waals surface area contributed by atoms with Crippen molar-refractivity contribution in [3.05, 3.63) is 0 Å². The Morgan fingerprint density at radius 2 is 2.36 bits per heavy atom. The fourth-order valence-corrected chi connectivity index (χ4v) is 2.91. The zero-order chi connectivity index (χ0) is 8.27. The zero-order valence-corrected chi connectivity index (χ0v) is 8.23. The van der Waals surface area contributed by atoms with Crippen molar-refractivity contribution >= 4 is 11.8 Å². The normalized spacial score (nSPS) is 30.3. The van der Waals surface area contributed by atoms with Crippen LogP contribution in [-0.2, 0) is 0 Å². The van der Waals surface area contributed by atoms with E-state index in [1.165, 1.54) is 18.6 Å². The Bertz CT molecular complexity index is 110. The van der Waals surface area contributed by atoms with Crippen LogP contribution in [0.15, 0.2) is 0 Å². The van der Waals surface area contributed by atoms with Crippen LogP contribution >= 0.6 is 11.8 Å². The molecule has 0 aromatic carbocycles. The molecule has 1 saturated heterocycles. The van der Waals surface area contributed by atoms with Crippen molar-refractivity contribution in [1.82, 2.24) is 0 Å². The van der Waals surface area contributed by atoms with Crippen LogP contribution in [0.2, 0.25) is 0 Å². The molecule has 11 heavy (non-hydrogen) atoms. The van der Waals surface area contributed by atoms with Gasteiger partial charge in [0.2, 0.25) is 0 Å². The molecule has 0 spiro atoms. The molecular weight excluding hydrogens is 156 g/mol. The van der Waals surface area contributed by atoms with Crippen LogP contribution in [0.3, 0.4) is 0 Å². The highest BCUT2D eigenvalue weighted by Gasteiger charge is 2.26. The van der Waals surface area contributed by atoms with E-state index in [9.17, 15) is 5.11 Å². The van der Waals surface area contributed by atoms with Crippen LogP contribution in [0.1, 0.15) is 33.1 Å². The summed E-state index contributed by atoms with van der Waals surface area (Å²) in [6, 6.07) is 0. The van der Waals surface area contributed by atoms with E-state index in [0.29, 0.717) is 11.2 Å². The van der Waals surface area contributed by atoms with Crippen molar-refractivity contribution in [3.63, 3.8) is 0 Å². The largest absolute Gasteiger partial charge is 0.392 e. The first-order chi connectivity index (χ1) is 5.25. The first-order valence-corrected chi connectivity index (χ1v) is 5.60. The molecule has 1 nitrogen and oxygen atoms in total. The zero-order valence-electron chi connectivity index (χ0n) is 7.42. The van der Waals surface area contributed by atoms with Crippen molar-refractivity contribution in [2.75, 3.05) is 5.75 Å². The minimum Gasteiger partial charge on any atom is -0.392 e. The van der Waals surface area contributed by atoms with Crippen molar-refractivity contribution in [3.8, 4) is 0 Å². The van der Waals surface area contributed by atoms with Crippen molar-refractivity contribution in [1.29, 1.82) is 0 Å². The average Bonchev–Trinajstić information content (AvgIpc) is 2.53. The summed E-state index contributed by atoms with van der Waals surface area (Å²) in [7, 11) is 0. The van der Waals surface area contributed by atoms with Crippen LogP contribution in [0, 0.1) is 5.92 Å². The summed E-state index contributed by atoms with van der Waals surface area (Å²) < 4.78 is 0. The van der Waals surface area contributed by atoms with Gasteiger partial charge in [-0.05, 0) is 24.5 Å². The van der Waals surface area contributed by atoms with Gasteiger partial charge < -0.3 is 5.11 Å². The summed E-state index contributed by atoms with van der Waals surface area (Å²) in [6.07, 6.45) is 3.55. The summed E-state index contributed by atoms with van der Waals surface area (Å²) in [6.45, 7) is 4.29. The molecule has 1 heterocycles. The second kappa shape index (κ2) is 4.36. The molecule has 2 heteroatoms. The highest BCUT2D eigenvalue weighted by Crippen LogP contribution is 2.31. The van der Waals surface area contributed by atoms with Crippen molar-refractivity contribution in [2.24, 2.45) is 5.92 Å². The number of aliphatic hydroxyl groups is 1. The van der Waals surface area contributed by atoms with E-state index >= 15 is 0 Å². The van der Waals surface area contributed by atoms with Gasteiger partial charge in [0.25, 0.3) is 0 Å². The van der Waals surface area contributed by atoms with Gasteiger partial charge in [-0.15, -0.1) is 0 Å². The van der Waals surface area contributed by atoms with E-state index < -0.39 is 0 Å². The Balaban J connectivity index is 2.32. The second-order valence-corrected chi connectivity index (χ2v) is 4.77. The third-order valence-corrected chi connectivity index (χ3v) is 4.04. The predicted molar refractivity (Wildman–Crippen MR) is 50.9 cm³/mol. The molecular formula is C9H18OS. The Kier molecular flexibility index (Phi) is 3.73. The first kappa shape index (κ1) is 9.40. The minimum absolute atomic E-state index is 0.0625. The van der Waals surface area contributed by atoms with Gasteiger partial charge in [0, 0.05) is 5.25 Å². The van der Waals surface area contributed by atoms with Gasteiger partial charge >= 0.3 is 0 Å². The van der Waals surface area contributed by atoms with Crippen LogP contribution in [0.4, 0.5) is 0 Å². The molecule has 0 bridgehead atoms. The van der Waals surface area contributed by atoms with Gasteiger partial charge in [0.05, 0.1) is 6.10 Å². The molecule has 1 fully saturated rings. The Morgan fingerprint density at radius 3 is 2.82 bits per heavy atom. The molecule has 1 rings (SSSR count). The lowest BCUT2D eigenvalue weighted by molar-refractivity contribution is 0.111. The van der Waals surface area contributed by atoms with E-state index in [-0.39, 0.29) is 6.10 Å². The monoisotopic (exact) mass is 174 g/mol. The Morgan fingerprint density at radius 1 is 1.64 bits per heavy atom. The molecule has 0 aromatic rings. The van der Waals surface area contributed by atoms with Gasteiger partial charge in [-0.2, -0.15) is 11.8 Å². The molecule has 1 aliphatic rings. The molecule has 0 aromatic heterocycles. The molecule has 0 amide bonds. The number of thioether (sulfide) groups is 1. The van der Waals surface area contributed by atoms with E-state index in [2.05, 4.69) is 13.8 Å². The van der Waals surface area contributed by atoms with E-state index in [1.807, 2.05) is 11.8 Å². The van der Waals surface area contributed by atoms with E-state index in [4.69, 9.17) is 0 Å². The number of rotatable bonds is 3. The van der Waals surface area contributed by atoms with E-state index in [0.717, 1.165) is 6.42 Å². The maximum absolute atomic E-state index is 9.80. The lowest BCUT2D eigenvalue weighted by Crippen LogP contribution is -2.27. The highest BCUT2D eigenvalue weighted by molar-refractivity contribution is 8.00. The number of hydrogen-bond donors (Lipinski definition) is 1. The lowest BCUT2D eigenvalue weighted by atomic mass is 9.97. The van der Waals surface area contributed by atoms with Crippen LogP contribution < -0.4 is 0 Å². The maximum Gasteiger partial charge on any atom is 0.0684 e. The standard InChI is InChI=1S/C9H18OS/c1-3-7(2)9(10)8-5-4-6-11-8/h7-10H,3-6H2,1-2H3. The Hall–Kier alpha value is 0.310. The van der Waals surface area contributed by atoms with Crippen molar-refractivity contribution in [2.45, 2.75) is 44.5 Å². The molecule has 1 N–H and O–H groups in total. The maximum atomic E-state index is 9.80. The van der Waals surface area contributed by atoms with Gasteiger partial charge in [-0.25, -0.2) is 0 Å². The summed E-state index contributed by atoms with van der Waals surface area (Å²) >= 11 is 1.94. The van der Waals surface area contributed by atoms with Gasteiger partial charge in [-0.1, -0.05) is 20.3 Å². The smallest absolute Gasteiger partial charge is 0.0684 e. The van der Waals surface area contributed by atoms with Crippen LogP contribution in [0.25, 0.3) is 0 Å². The molecule has 0 saturated carbocycles. The third kappa shape index (κ3) is 2.38. The number of hydrogen-bond acceptors (Lipinski definition) is 2. The van der Waals surface area contributed by atoms with Gasteiger partial charge in [0.15, 0.2) is 0 Å². The quantitative estimate of drug-likeness (QED) is 0.708. The topological polar surface area (TPSA) is 20.2 Å². The first-order valence-electron chi connectivity index (χ1n) is 4.55. The molecule has 66 valence electrons. The fourth-order valence-electron chi connectivity index (χ4n) is 1.48. The van der Waals surface area contributed by atoms with Crippen LogP contribution in [-0.4, -0.2) is 22.2 Å². The van der Waals surface area contributed by atoms with Gasteiger partial charge in [0.1, 0.15) is 0 Å². The van der Waals surface area contributed by atoms with Crippen molar-refractivity contribution < 1.29 is 5.11 Å². The highest BCUT2D eigenvalue weighted by atomic mass is 32.2. The fraction of sp³-hybridized carbons (Fsp3) is 1.00. The van der Waals surface area contributed by atoms with Crippen LogP contribution in [0.5, 0.6) is 0 Å². The predicted octanol–water partition coefficient (Wildman–Crippen LogP) is 2.29. The molecule has 1 aliphatic heterocycles. The Labute approximate surface area is 73.6 Å². The van der Waals surface area contributed by atoms with Gasteiger partial charge in [-0.3, -0.25) is 0 Å². The molecule has 3 atom stereocenters. The minimum atomic E-state index is -0.0625. The molecule has 0 aliphatic carbocycles. The lowest BCUT2D eigenvalue weighted by Gasteiger charge is -2.22. The summed E-state index contributed by atoms with van der Waals surface area (Å²) in [5, 5.41) is 10.3. The third-order valence-electron chi connectivity index (χ3n) is 2.57. The summed E-state index contributed by atoms with van der Waals surface area (Å²) in [4.78, 5) is 0. The second-order valence-electron chi connectivity index (χ2n) is 3.43. The SMILES string of the molecule is CCC(C)C(O)C1CCCS1. The average molecular weight is 174 g/mol. The summed E-state index contributed by atoms with van der Waals surface area (Å²) in [5.41, 5.74) is 0. The summed E-state index contributed by atoms with van der Waals surface area (Å²) in [5.74, 6) is 1.73. The molecule has 3 unspecified atom stereocenters. The number of aliphatic hydroxyl groups excluding tert-OH is 1.